The first-order chi connectivity index (χ1) is 8.58. The van der Waals surface area contributed by atoms with Crippen LogP contribution in [0.5, 0.6) is 0 Å². The molecule has 0 unspecified atom stereocenters. The maximum Gasteiger partial charge on any atom is 0.405 e. The molecule has 1 saturated heterocycles. The Balaban J connectivity index is 2.12. The van der Waals surface area contributed by atoms with Crippen LogP contribution in [0.1, 0.15) is 31.9 Å². The highest BCUT2D eigenvalue weighted by molar-refractivity contribution is 5.65. The van der Waals surface area contributed by atoms with Crippen molar-refractivity contribution in [2.24, 2.45) is 5.92 Å². The van der Waals surface area contributed by atoms with Crippen LogP contribution >= 0.6 is 0 Å². The normalized spacial score (nSPS) is 16.3. The molecule has 0 bridgehead atoms. The number of rotatable bonds is 4. The molecule has 2 N–H and O–H groups in total. The zero-order valence-electron chi connectivity index (χ0n) is 10.8. The second kappa shape index (κ2) is 5.25. The lowest BCUT2D eigenvalue weighted by Crippen LogP contribution is -2.37. The monoisotopic (exact) mass is 249 g/mol. The Morgan fingerprint density at radius 1 is 1.44 bits per heavy atom. The SMILES string of the molecule is CC(C)[C@H](NC(=O)O)c1ccc(N2CCC2)nc1. The molecular formula is C13H19N3O2. The maximum absolute atomic E-state index is 10.8. The summed E-state index contributed by atoms with van der Waals surface area (Å²) in [5.41, 5.74) is 0.914. The Morgan fingerprint density at radius 2 is 2.17 bits per heavy atom. The van der Waals surface area contributed by atoms with Crippen molar-refractivity contribution in [1.29, 1.82) is 0 Å². The Morgan fingerprint density at radius 3 is 2.56 bits per heavy atom. The van der Waals surface area contributed by atoms with E-state index in [9.17, 15) is 4.79 Å². The van der Waals surface area contributed by atoms with Crippen LogP contribution in [0.4, 0.5) is 10.6 Å². The van der Waals surface area contributed by atoms with E-state index in [-0.39, 0.29) is 12.0 Å². The molecule has 1 aliphatic heterocycles. The van der Waals surface area contributed by atoms with E-state index in [0.29, 0.717) is 0 Å². The molecule has 2 heterocycles. The summed E-state index contributed by atoms with van der Waals surface area (Å²) in [6.07, 6.45) is 1.99. The van der Waals surface area contributed by atoms with Gasteiger partial charge in [0.05, 0.1) is 6.04 Å². The predicted octanol–water partition coefficient (Wildman–Crippen LogP) is 2.26. The fourth-order valence-electron chi connectivity index (χ4n) is 2.08. The molecule has 1 fully saturated rings. The van der Waals surface area contributed by atoms with E-state index < -0.39 is 6.09 Å². The third-order valence-electron chi connectivity index (χ3n) is 3.26. The number of nitrogens with zero attached hydrogens (tertiary/aromatic N) is 2. The lowest BCUT2D eigenvalue weighted by molar-refractivity contribution is 0.186. The average molecular weight is 249 g/mol. The molecule has 0 aliphatic carbocycles. The summed E-state index contributed by atoms with van der Waals surface area (Å²) in [6.45, 7) is 6.11. The summed E-state index contributed by atoms with van der Waals surface area (Å²) < 4.78 is 0. The minimum absolute atomic E-state index is 0.192. The predicted molar refractivity (Wildman–Crippen MR) is 69.8 cm³/mol. The molecule has 1 aromatic rings. The number of hydrogen-bond acceptors (Lipinski definition) is 3. The van der Waals surface area contributed by atoms with Gasteiger partial charge in [0.15, 0.2) is 0 Å². The highest BCUT2D eigenvalue weighted by Gasteiger charge is 2.20. The maximum atomic E-state index is 10.8. The van der Waals surface area contributed by atoms with Gasteiger partial charge in [-0.2, -0.15) is 0 Å². The standard InChI is InChI=1S/C13H19N3O2/c1-9(2)12(15-13(17)18)10-4-5-11(14-8-10)16-6-3-7-16/h4-5,8-9,12,15H,3,6-7H2,1-2H3,(H,17,18)/t12-/m0/s1. The minimum atomic E-state index is -1.000. The van der Waals surface area contributed by atoms with Crippen LogP contribution < -0.4 is 10.2 Å². The van der Waals surface area contributed by atoms with E-state index in [2.05, 4.69) is 15.2 Å². The van der Waals surface area contributed by atoms with Gasteiger partial charge in [0.2, 0.25) is 0 Å². The molecule has 2 rings (SSSR count). The lowest BCUT2D eigenvalue weighted by atomic mass is 9.97. The van der Waals surface area contributed by atoms with Crippen LogP contribution in [0.3, 0.4) is 0 Å². The number of pyridine rings is 1. The first-order valence-corrected chi connectivity index (χ1v) is 6.28. The van der Waals surface area contributed by atoms with E-state index in [4.69, 9.17) is 5.11 Å². The van der Waals surface area contributed by atoms with Gasteiger partial charge in [0, 0.05) is 19.3 Å². The fourth-order valence-corrected chi connectivity index (χ4v) is 2.08. The Labute approximate surface area is 107 Å². The summed E-state index contributed by atoms with van der Waals surface area (Å²) in [5.74, 6) is 1.17. The minimum Gasteiger partial charge on any atom is -0.465 e. The fraction of sp³-hybridized carbons (Fsp3) is 0.538. The highest BCUT2D eigenvalue weighted by atomic mass is 16.4. The molecule has 0 saturated carbocycles. The second-order valence-corrected chi connectivity index (χ2v) is 4.96. The molecule has 0 spiro atoms. The largest absolute Gasteiger partial charge is 0.465 e. The van der Waals surface area contributed by atoms with E-state index in [1.165, 1.54) is 6.42 Å². The van der Waals surface area contributed by atoms with Gasteiger partial charge in [-0.3, -0.25) is 0 Å². The first kappa shape index (κ1) is 12.7. The van der Waals surface area contributed by atoms with Crippen LogP contribution in [0.25, 0.3) is 0 Å². The van der Waals surface area contributed by atoms with Crippen LogP contribution in [-0.2, 0) is 0 Å². The van der Waals surface area contributed by atoms with Crippen LogP contribution in [0.15, 0.2) is 18.3 Å². The molecule has 0 radical (unpaired) electrons. The highest BCUT2D eigenvalue weighted by Crippen LogP contribution is 2.24. The topological polar surface area (TPSA) is 65.5 Å². The molecule has 5 nitrogen and oxygen atoms in total. The second-order valence-electron chi connectivity index (χ2n) is 4.96. The molecule has 1 atom stereocenters. The van der Waals surface area contributed by atoms with Gasteiger partial charge < -0.3 is 15.3 Å². The van der Waals surface area contributed by atoms with Gasteiger partial charge in [-0.1, -0.05) is 19.9 Å². The molecular weight excluding hydrogens is 230 g/mol. The molecule has 1 amide bonds. The summed E-state index contributed by atoms with van der Waals surface area (Å²) in [6, 6.07) is 3.72. The molecule has 1 aliphatic rings. The zero-order chi connectivity index (χ0) is 13.1. The van der Waals surface area contributed by atoms with E-state index in [1.807, 2.05) is 26.0 Å². The Kier molecular flexibility index (Phi) is 3.69. The summed E-state index contributed by atoms with van der Waals surface area (Å²) >= 11 is 0. The quantitative estimate of drug-likeness (QED) is 0.859. The zero-order valence-corrected chi connectivity index (χ0v) is 10.8. The number of anilines is 1. The number of aromatic nitrogens is 1. The average Bonchev–Trinajstić information content (AvgIpc) is 2.24. The van der Waals surface area contributed by atoms with Gasteiger partial charge in [-0.25, -0.2) is 9.78 Å². The summed E-state index contributed by atoms with van der Waals surface area (Å²) in [7, 11) is 0. The number of nitrogens with one attached hydrogen (secondary N) is 1. The van der Waals surface area contributed by atoms with Crippen molar-refractivity contribution in [3.05, 3.63) is 23.9 Å². The molecule has 1 aromatic heterocycles. The summed E-state index contributed by atoms with van der Waals surface area (Å²) in [5, 5.41) is 11.4. The van der Waals surface area contributed by atoms with E-state index in [0.717, 1.165) is 24.5 Å². The van der Waals surface area contributed by atoms with E-state index >= 15 is 0 Å². The summed E-state index contributed by atoms with van der Waals surface area (Å²) in [4.78, 5) is 17.4. The van der Waals surface area contributed by atoms with Crippen molar-refractivity contribution in [3.8, 4) is 0 Å². The Hall–Kier alpha value is -1.78. The molecule has 98 valence electrons. The van der Waals surface area contributed by atoms with Crippen molar-refractivity contribution in [3.63, 3.8) is 0 Å². The molecule has 18 heavy (non-hydrogen) atoms. The van der Waals surface area contributed by atoms with Crippen molar-refractivity contribution < 1.29 is 9.90 Å². The number of carboxylic acid groups (broad SMARTS) is 1. The van der Waals surface area contributed by atoms with Crippen LogP contribution in [0.2, 0.25) is 0 Å². The third kappa shape index (κ3) is 2.72. The lowest BCUT2D eigenvalue weighted by Gasteiger charge is -2.32. The van der Waals surface area contributed by atoms with Gasteiger partial charge in [0.1, 0.15) is 5.82 Å². The van der Waals surface area contributed by atoms with Crippen molar-refractivity contribution >= 4 is 11.9 Å². The number of hydrogen-bond donors (Lipinski definition) is 2. The molecule has 0 aromatic carbocycles. The van der Waals surface area contributed by atoms with Crippen molar-refractivity contribution in [1.82, 2.24) is 10.3 Å². The smallest absolute Gasteiger partial charge is 0.405 e. The third-order valence-corrected chi connectivity index (χ3v) is 3.26. The van der Waals surface area contributed by atoms with Gasteiger partial charge in [-0.05, 0) is 24.0 Å². The van der Waals surface area contributed by atoms with Crippen molar-refractivity contribution in [2.75, 3.05) is 18.0 Å². The number of amides is 1. The first-order valence-electron chi connectivity index (χ1n) is 6.28. The van der Waals surface area contributed by atoms with Crippen LogP contribution in [-0.4, -0.2) is 29.3 Å². The van der Waals surface area contributed by atoms with Gasteiger partial charge in [-0.15, -0.1) is 0 Å². The van der Waals surface area contributed by atoms with Crippen molar-refractivity contribution in [2.45, 2.75) is 26.3 Å². The van der Waals surface area contributed by atoms with Gasteiger partial charge >= 0.3 is 6.09 Å². The molecule has 5 heteroatoms. The number of carbonyl (C=O) groups is 1. The van der Waals surface area contributed by atoms with Crippen LogP contribution in [0, 0.1) is 5.92 Å². The Bertz CT molecular complexity index is 413. The van der Waals surface area contributed by atoms with Gasteiger partial charge in [0.25, 0.3) is 0 Å². The van der Waals surface area contributed by atoms with E-state index in [1.54, 1.807) is 6.20 Å².